The molecule has 0 saturated heterocycles. The van der Waals surface area contributed by atoms with Crippen molar-refractivity contribution in [1.29, 1.82) is 10.5 Å². The third-order valence-electron chi connectivity index (χ3n) is 6.08. The van der Waals surface area contributed by atoms with Crippen molar-refractivity contribution < 1.29 is 0 Å². The van der Waals surface area contributed by atoms with Crippen LogP contribution in [-0.4, -0.2) is 20.7 Å². The standard InChI is InChI=1S/C30H21N7O/c1-20-12-14-21(15-13-20)27-25(16-31)29(33)37(30(38)26(27)17-32)34-18-23-19-36(24-10-6-3-7-11-24)35-28(23)22-8-4-2-5-9-22/h2-15,18-19H,33H2,1H3/b34-18+. The molecule has 8 nitrogen and oxygen atoms in total. The van der Waals surface area contributed by atoms with Crippen LogP contribution in [0.2, 0.25) is 0 Å². The Morgan fingerprint density at radius 2 is 1.50 bits per heavy atom. The Labute approximate surface area is 218 Å². The van der Waals surface area contributed by atoms with Crippen LogP contribution in [0, 0.1) is 29.6 Å². The second-order valence-electron chi connectivity index (χ2n) is 8.54. The van der Waals surface area contributed by atoms with E-state index >= 15 is 0 Å². The minimum Gasteiger partial charge on any atom is -0.382 e. The Morgan fingerprint density at radius 3 is 2.13 bits per heavy atom. The van der Waals surface area contributed by atoms with E-state index in [-0.39, 0.29) is 22.5 Å². The number of para-hydroxylation sites is 1. The summed E-state index contributed by atoms with van der Waals surface area (Å²) in [5.74, 6) is -0.153. The van der Waals surface area contributed by atoms with E-state index in [0.29, 0.717) is 16.8 Å². The van der Waals surface area contributed by atoms with Gasteiger partial charge in [0.05, 0.1) is 11.9 Å². The zero-order chi connectivity index (χ0) is 26.6. The molecule has 0 atom stereocenters. The van der Waals surface area contributed by atoms with E-state index in [9.17, 15) is 15.3 Å². The normalized spacial score (nSPS) is 10.8. The SMILES string of the molecule is Cc1ccc(-c2c(C#N)c(N)n(/N=C/c3cn(-c4ccccc4)nc3-c3ccccc3)c(=O)c2C#N)cc1. The summed E-state index contributed by atoms with van der Waals surface area (Å²) in [7, 11) is 0. The van der Waals surface area contributed by atoms with E-state index < -0.39 is 5.56 Å². The van der Waals surface area contributed by atoms with Crippen LogP contribution < -0.4 is 11.3 Å². The van der Waals surface area contributed by atoms with Crippen LogP contribution in [0.15, 0.2) is 101 Å². The van der Waals surface area contributed by atoms with E-state index in [0.717, 1.165) is 21.5 Å². The maximum Gasteiger partial charge on any atom is 0.291 e. The maximum atomic E-state index is 13.4. The van der Waals surface area contributed by atoms with Gasteiger partial charge < -0.3 is 5.73 Å². The zero-order valence-corrected chi connectivity index (χ0v) is 20.4. The van der Waals surface area contributed by atoms with Crippen molar-refractivity contribution in [2.45, 2.75) is 6.92 Å². The van der Waals surface area contributed by atoms with Gasteiger partial charge in [-0.25, -0.2) is 4.68 Å². The maximum absolute atomic E-state index is 13.4. The fraction of sp³-hybridized carbons (Fsp3) is 0.0333. The van der Waals surface area contributed by atoms with Crippen molar-refractivity contribution in [1.82, 2.24) is 14.5 Å². The van der Waals surface area contributed by atoms with E-state index in [4.69, 9.17) is 10.8 Å². The van der Waals surface area contributed by atoms with E-state index in [1.165, 1.54) is 6.21 Å². The Morgan fingerprint density at radius 1 is 0.868 bits per heavy atom. The fourth-order valence-electron chi connectivity index (χ4n) is 4.16. The van der Waals surface area contributed by atoms with Gasteiger partial charge in [-0.1, -0.05) is 78.4 Å². The van der Waals surface area contributed by atoms with Gasteiger partial charge in [0.2, 0.25) is 0 Å². The second kappa shape index (κ2) is 10.1. The predicted octanol–water partition coefficient (Wildman–Crippen LogP) is 4.88. The summed E-state index contributed by atoms with van der Waals surface area (Å²) in [5, 5.41) is 28.9. The highest BCUT2D eigenvalue weighted by atomic mass is 16.1. The average Bonchev–Trinajstić information content (AvgIpc) is 3.38. The number of aryl methyl sites for hydroxylation is 1. The highest BCUT2D eigenvalue weighted by molar-refractivity contribution is 5.89. The molecular weight excluding hydrogens is 474 g/mol. The topological polar surface area (TPSA) is 126 Å². The molecule has 2 aromatic heterocycles. The number of pyridine rings is 1. The van der Waals surface area contributed by atoms with Crippen molar-refractivity contribution >= 4 is 12.0 Å². The van der Waals surface area contributed by atoms with Crippen LogP contribution in [0.5, 0.6) is 0 Å². The highest BCUT2D eigenvalue weighted by Crippen LogP contribution is 2.29. The van der Waals surface area contributed by atoms with Gasteiger partial charge in [-0.15, -0.1) is 0 Å². The summed E-state index contributed by atoms with van der Waals surface area (Å²) < 4.78 is 2.61. The number of rotatable bonds is 5. The molecule has 0 saturated carbocycles. The third kappa shape index (κ3) is 4.34. The first-order chi connectivity index (χ1) is 18.5. The summed E-state index contributed by atoms with van der Waals surface area (Å²) in [4.78, 5) is 13.4. The summed E-state index contributed by atoms with van der Waals surface area (Å²) in [5.41, 5.74) is 10.1. The molecule has 182 valence electrons. The summed E-state index contributed by atoms with van der Waals surface area (Å²) >= 11 is 0. The quantitative estimate of drug-likeness (QED) is 0.348. The first kappa shape index (κ1) is 24.0. The molecule has 0 amide bonds. The molecule has 0 unspecified atom stereocenters. The van der Waals surface area contributed by atoms with Crippen molar-refractivity contribution in [2.24, 2.45) is 5.10 Å². The molecule has 0 bridgehead atoms. The number of nitriles is 2. The first-order valence-electron chi connectivity index (χ1n) is 11.7. The van der Waals surface area contributed by atoms with E-state index in [1.807, 2.05) is 85.8 Å². The second-order valence-corrected chi connectivity index (χ2v) is 8.54. The number of benzene rings is 3. The molecular formula is C30H21N7O. The molecule has 5 aromatic rings. The molecule has 0 spiro atoms. The Kier molecular flexibility index (Phi) is 6.37. The lowest BCUT2D eigenvalue weighted by Gasteiger charge is -2.12. The summed E-state index contributed by atoms with van der Waals surface area (Å²) in [6.45, 7) is 1.92. The number of nitrogens with two attached hydrogens (primary N) is 1. The number of hydrogen-bond donors (Lipinski definition) is 1. The fourth-order valence-corrected chi connectivity index (χ4v) is 4.16. The van der Waals surface area contributed by atoms with Crippen molar-refractivity contribution in [3.05, 3.63) is 124 Å². The number of nitrogen functional groups attached to an aromatic ring is 1. The molecule has 2 N–H and O–H groups in total. The van der Waals surface area contributed by atoms with Gasteiger partial charge in [-0.05, 0) is 24.6 Å². The van der Waals surface area contributed by atoms with Crippen molar-refractivity contribution in [3.8, 4) is 40.2 Å². The number of anilines is 1. The van der Waals surface area contributed by atoms with Crippen molar-refractivity contribution in [3.63, 3.8) is 0 Å². The smallest absolute Gasteiger partial charge is 0.291 e. The number of hydrogen-bond acceptors (Lipinski definition) is 6. The zero-order valence-electron chi connectivity index (χ0n) is 20.4. The molecule has 0 aliphatic heterocycles. The molecule has 0 fully saturated rings. The number of nitrogens with zero attached hydrogens (tertiary/aromatic N) is 6. The predicted molar refractivity (Wildman–Crippen MR) is 147 cm³/mol. The van der Waals surface area contributed by atoms with Crippen LogP contribution in [0.25, 0.3) is 28.1 Å². The third-order valence-corrected chi connectivity index (χ3v) is 6.08. The first-order valence-corrected chi connectivity index (χ1v) is 11.7. The van der Waals surface area contributed by atoms with Gasteiger partial charge in [0.15, 0.2) is 0 Å². The van der Waals surface area contributed by atoms with E-state index in [1.54, 1.807) is 23.0 Å². The lowest BCUT2D eigenvalue weighted by Crippen LogP contribution is -2.25. The number of aromatic nitrogens is 3. The molecule has 2 heterocycles. The summed E-state index contributed by atoms with van der Waals surface area (Å²) in [6, 6.07) is 30.4. The average molecular weight is 496 g/mol. The van der Waals surface area contributed by atoms with Crippen molar-refractivity contribution in [2.75, 3.05) is 5.73 Å². The Balaban J connectivity index is 1.67. The van der Waals surface area contributed by atoms with Gasteiger partial charge in [-0.3, -0.25) is 4.79 Å². The summed E-state index contributed by atoms with van der Waals surface area (Å²) in [6.07, 6.45) is 3.25. The van der Waals surface area contributed by atoms with Gasteiger partial charge in [0.1, 0.15) is 34.8 Å². The van der Waals surface area contributed by atoms with Gasteiger partial charge in [0, 0.05) is 22.9 Å². The highest BCUT2D eigenvalue weighted by Gasteiger charge is 2.22. The Hall–Kier alpha value is -5.73. The minimum atomic E-state index is -0.715. The van der Waals surface area contributed by atoms with Crippen LogP contribution in [0.4, 0.5) is 5.82 Å². The van der Waals surface area contributed by atoms with Gasteiger partial charge in [0.25, 0.3) is 5.56 Å². The van der Waals surface area contributed by atoms with Crippen LogP contribution in [0.3, 0.4) is 0 Å². The minimum absolute atomic E-state index is 0.00502. The monoisotopic (exact) mass is 495 g/mol. The lowest BCUT2D eigenvalue weighted by molar-refractivity contribution is 0.841. The molecule has 3 aromatic carbocycles. The molecule has 0 aliphatic carbocycles. The molecule has 0 aliphatic rings. The van der Waals surface area contributed by atoms with Gasteiger partial charge >= 0.3 is 0 Å². The Bertz CT molecular complexity index is 1800. The van der Waals surface area contributed by atoms with Crippen LogP contribution >= 0.6 is 0 Å². The molecule has 8 heteroatoms. The molecule has 38 heavy (non-hydrogen) atoms. The lowest BCUT2D eigenvalue weighted by atomic mass is 9.96. The largest absolute Gasteiger partial charge is 0.382 e. The van der Waals surface area contributed by atoms with Crippen LogP contribution in [-0.2, 0) is 0 Å². The van der Waals surface area contributed by atoms with E-state index in [2.05, 4.69) is 11.2 Å². The molecule has 5 rings (SSSR count). The van der Waals surface area contributed by atoms with Crippen LogP contribution in [0.1, 0.15) is 22.3 Å². The van der Waals surface area contributed by atoms with Gasteiger partial charge in [-0.2, -0.15) is 25.4 Å². The molecule has 0 radical (unpaired) electrons.